The molecule has 0 radical (unpaired) electrons. The number of carbonyl (C=O) groups is 1. The van der Waals surface area contributed by atoms with Gasteiger partial charge in [0, 0.05) is 20.1 Å². The standard InChI is InChI=1S/C20H32N4O/c1-15-8-7-10-17(12-15)13-21-20(22-14-19(25)24(3)4)23-18-11-6-5-9-16(18)2/h7-8,10,12,16,18H,5-6,9,11,13-14H2,1-4H3,(H2,21,22,23). The van der Waals surface area contributed by atoms with E-state index in [-0.39, 0.29) is 12.5 Å². The van der Waals surface area contributed by atoms with E-state index in [1.807, 2.05) is 0 Å². The van der Waals surface area contributed by atoms with Gasteiger partial charge in [-0.2, -0.15) is 0 Å². The highest BCUT2D eigenvalue weighted by atomic mass is 16.2. The van der Waals surface area contributed by atoms with Gasteiger partial charge in [-0.1, -0.05) is 49.6 Å². The lowest BCUT2D eigenvalue weighted by Gasteiger charge is -2.31. The number of nitrogens with zero attached hydrogens (tertiary/aromatic N) is 2. The van der Waals surface area contributed by atoms with Crippen LogP contribution in [-0.2, 0) is 11.3 Å². The van der Waals surface area contributed by atoms with Gasteiger partial charge < -0.3 is 15.5 Å². The second-order valence-electron chi connectivity index (χ2n) is 7.31. The average Bonchev–Trinajstić information content (AvgIpc) is 2.58. The highest BCUT2D eigenvalue weighted by Crippen LogP contribution is 2.23. The summed E-state index contributed by atoms with van der Waals surface area (Å²) in [6, 6.07) is 8.80. The average molecular weight is 345 g/mol. The van der Waals surface area contributed by atoms with Crippen molar-refractivity contribution in [2.24, 2.45) is 10.9 Å². The summed E-state index contributed by atoms with van der Waals surface area (Å²) < 4.78 is 0. The molecule has 2 N–H and O–H groups in total. The summed E-state index contributed by atoms with van der Waals surface area (Å²) in [5.74, 6) is 1.40. The molecule has 1 saturated carbocycles. The van der Waals surface area contributed by atoms with Gasteiger partial charge in [0.25, 0.3) is 0 Å². The maximum atomic E-state index is 11.9. The zero-order valence-electron chi connectivity index (χ0n) is 16.0. The fourth-order valence-corrected chi connectivity index (χ4v) is 3.16. The third-order valence-electron chi connectivity index (χ3n) is 4.84. The van der Waals surface area contributed by atoms with Gasteiger partial charge in [0.05, 0.1) is 13.1 Å². The molecule has 5 heteroatoms. The van der Waals surface area contributed by atoms with E-state index in [9.17, 15) is 4.79 Å². The third-order valence-corrected chi connectivity index (χ3v) is 4.84. The van der Waals surface area contributed by atoms with Crippen LogP contribution in [0.25, 0.3) is 0 Å². The molecule has 1 aromatic rings. The quantitative estimate of drug-likeness (QED) is 0.638. The molecule has 0 aromatic heterocycles. The first-order valence-corrected chi connectivity index (χ1v) is 9.26. The van der Waals surface area contributed by atoms with Crippen LogP contribution in [0, 0.1) is 12.8 Å². The summed E-state index contributed by atoms with van der Waals surface area (Å²) in [7, 11) is 3.54. The van der Waals surface area contributed by atoms with Crippen LogP contribution in [0.15, 0.2) is 29.3 Å². The van der Waals surface area contributed by atoms with Crippen molar-refractivity contribution in [3.05, 3.63) is 35.4 Å². The number of hydrogen-bond acceptors (Lipinski definition) is 2. The van der Waals surface area contributed by atoms with E-state index in [2.05, 4.69) is 48.7 Å². The normalized spacial score (nSPS) is 20.9. The fraction of sp³-hybridized carbons (Fsp3) is 0.600. The summed E-state index contributed by atoms with van der Waals surface area (Å²) in [6.07, 6.45) is 4.97. The van der Waals surface area contributed by atoms with Crippen molar-refractivity contribution in [1.29, 1.82) is 0 Å². The van der Waals surface area contributed by atoms with Gasteiger partial charge in [0.1, 0.15) is 0 Å². The lowest BCUT2D eigenvalue weighted by atomic mass is 9.86. The van der Waals surface area contributed by atoms with Crippen LogP contribution >= 0.6 is 0 Å². The van der Waals surface area contributed by atoms with Gasteiger partial charge in [-0.25, -0.2) is 4.99 Å². The zero-order chi connectivity index (χ0) is 18.2. The van der Waals surface area contributed by atoms with Crippen molar-refractivity contribution in [3.63, 3.8) is 0 Å². The second kappa shape index (κ2) is 9.44. The predicted molar refractivity (Wildman–Crippen MR) is 104 cm³/mol. The summed E-state index contributed by atoms with van der Waals surface area (Å²) in [5.41, 5.74) is 2.41. The van der Waals surface area contributed by atoms with E-state index in [0.717, 1.165) is 12.4 Å². The number of rotatable bonds is 5. The van der Waals surface area contributed by atoms with Gasteiger partial charge in [-0.05, 0) is 31.2 Å². The summed E-state index contributed by atoms with van der Waals surface area (Å²) in [6.45, 7) is 5.24. The van der Waals surface area contributed by atoms with Crippen LogP contribution in [0.3, 0.4) is 0 Å². The number of benzene rings is 1. The second-order valence-corrected chi connectivity index (χ2v) is 7.31. The highest BCUT2D eigenvalue weighted by molar-refractivity contribution is 5.86. The zero-order valence-corrected chi connectivity index (χ0v) is 16.0. The minimum absolute atomic E-state index is 0.0433. The van der Waals surface area contributed by atoms with E-state index in [0.29, 0.717) is 18.5 Å². The smallest absolute Gasteiger partial charge is 0.241 e. The van der Waals surface area contributed by atoms with Crippen LogP contribution in [-0.4, -0.2) is 43.4 Å². The predicted octanol–water partition coefficient (Wildman–Crippen LogP) is 2.70. The maximum absolute atomic E-state index is 11.9. The first-order valence-electron chi connectivity index (χ1n) is 9.26. The van der Waals surface area contributed by atoms with Gasteiger partial charge in [0.15, 0.2) is 5.96 Å². The van der Waals surface area contributed by atoms with Crippen LogP contribution in [0.2, 0.25) is 0 Å². The van der Waals surface area contributed by atoms with E-state index in [4.69, 9.17) is 4.99 Å². The Bertz CT molecular complexity index is 597. The summed E-state index contributed by atoms with van der Waals surface area (Å²) in [5, 5.41) is 6.75. The lowest BCUT2D eigenvalue weighted by molar-refractivity contribution is -0.127. The molecule has 1 fully saturated rings. The van der Waals surface area contributed by atoms with Gasteiger partial charge in [-0.3, -0.25) is 4.79 Å². The van der Waals surface area contributed by atoms with Crippen LogP contribution in [0.1, 0.15) is 43.7 Å². The van der Waals surface area contributed by atoms with Gasteiger partial charge in [0.2, 0.25) is 5.91 Å². The molecule has 1 aliphatic carbocycles. The number of guanidine groups is 1. The van der Waals surface area contributed by atoms with Crippen molar-refractivity contribution in [3.8, 4) is 0 Å². The molecular weight excluding hydrogens is 312 g/mol. The number of aryl methyl sites for hydroxylation is 1. The van der Waals surface area contributed by atoms with Crippen molar-refractivity contribution in [1.82, 2.24) is 15.5 Å². The molecule has 1 aliphatic rings. The molecular formula is C20H32N4O. The van der Waals surface area contributed by atoms with E-state index in [1.54, 1.807) is 19.0 Å². The first kappa shape index (κ1) is 19.3. The minimum Gasteiger partial charge on any atom is -0.353 e. The highest BCUT2D eigenvalue weighted by Gasteiger charge is 2.22. The molecule has 5 nitrogen and oxygen atoms in total. The molecule has 0 spiro atoms. The van der Waals surface area contributed by atoms with Gasteiger partial charge in [-0.15, -0.1) is 0 Å². The Balaban J connectivity index is 2.04. The molecule has 0 aliphatic heterocycles. The Kier molecular flexibility index (Phi) is 7.29. The fourth-order valence-electron chi connectivity index (χ4n) is 3.16. The molecule has 25 heavy (non-hydrogen) atoms. The molecule has 2 rings (SSSR count). The Morgan fingerprint density at radius 2 is 2.04 bits per heavy atom. The number of nitrogens with one attached hydrogen (secondary N) is 2. The maximum Gasteiger partial charge on any atom is 0.241 e. The molecule has 2 atom stereocenters. The molecule has 138 valence electrons. The monoisotopic (exact) mass is 344 g/mol. The van der Waals surface area contributed by atoms with Crippen LogP contribution in [0.5, 0.6) is 0 Å². The van der Waals surface area contributed by atoms with Crippen LogP contribution in [0.4, 0.5) is 0 Å². The number of hydrogen-bond donors (Lipinski definition) is 2. The Hall–Kier alpha value is -2.04. The van der Waals surface area contributed by atoms with Crippen molar-refractivity contribution < 1.29 is 4.79 Å². The van der Waals surface area contributed by atoms with E-state index in [1.165, 1.54) is 30.4 Å². The van der Waals surface area contributed by atoms with E-state index < -0.39 is 0 Å². The SMILES string of the molecule is Cc1cccc(CN=C(NCC(=O)N(C)C)NC2CCCCC2C)c1. The lowest BCUT2D eigenvalue weighted by Crippen LogP contribution is -2.49. The molecule has 1 aromatic carbocycles. The number of amides is 1. The molecule has 0 saturated heterocycles. The summed E-state index contributed by atoms with van der Waals surface area (Å²) >= 11 is 0. The number of likely N-dealkylation sites (N-methyl/N-ethyl adjacent to an activating group) is 1. The Labute approximate surface area is 151 Å². The molecule has 0 bridgehead atoms. The third kappa shape index (κ3) is 6.40. The molecule has 1 amide bonds. The molecule has 0 heterocycles. The Morgan fingerprint density at radius 1 is 1.28 bits per heavy atom. The van der Waals surface area contributed by atoms with Gasteiger partial charge >= 0.3 is 0 Å². The summed E-state index contributed by atoms with van der Waals surface area (Å²) in [4.78, 5) is 18.2. The van der Waals surface area contributed by atoms with Crippen molar-refractivity contribution in [2.45, 2.75) is 52.1 Å². The van der Waals surface area contributed by atoms with Crippen LogP contribution < -0.4 is 10.6 Å². The van der Waals surface area contributed by atoms with Crippen molar-refractivity contribution in [2.75, 3.05) is 20.6 Å². The largest absolute Gasteiger partial charge is 0.353 e. The number of carbonyl (C=O) groups excluding carboxylic acids is 1. The topological polar surface area (TPSA) is 56.7 Å². The molecule has 2 unspecified atom stereocenters. The minimum atomic E-state index is 0.0433. The number of aliphatic imine (C=N–C) groups is 1. The van der Waals surface area contributed by atoms with E-state index >= 15 is 0 Å². The Morgan fingerprint density at radius 3 is 2.72 bits per heavy atom. The first-order chi connectivity index (χ1) is 12.0. The van der Waals surface area contributed by atoms with Crippen molar-refractivity contribution >= 4 is 11.9 Å².